The van der Waals surface area contributed by atoms with Crippen molar-refractivity contribution in [3.05, 3.63) is 35.6 Å². The van der Waals surface area contributed by atoms with Gasteiger partial charge in [0, 0.05) is 12.6 Å². The third-order valence-corrected chi connectivity index (χ3v) is 5.64. The molecule has 1 aromatic rings. The maximum Gasteiger partial charge on any atom is 0.123 e. The highest BCUT2D eigenvalue weighted by Gasteiger charge is 2.54. The highest BCUT2D eigenvalue weighted by molar-refractivity contribution is 5.85. The summed E-state index contributed by atoms with van der Waals surface area (Å²) in [5.41, 5.74) is 0.609. The minimum atomic E-state index is -0.547. The van der Waals surface area contributed by atoms with Crippen LogP contribution in [0.3, 0.4) is 0 Å². The molecule has 0 radical (unpaired) electrons. The van der Waals surface area contributed by atoms with Gasteiger partial charge in [0.05, 0.1) is 0 Å². The van der Waals surface area contributed by atoms with Crippen LogP contribution in [0.15, 0.2) is 24.3 Å². The molecule has 4 heteroatoms. The summed E-state index contributed by atoms with van der Waals surface area (Å²) < 4.78 is 12.9. The molecule has 2 nitrogen and oxygen atoms in total. The van der Waals surface area contributed by atoms with Gasteiger partial charge in [-0.15, -0.1) is 12.4 Å². The van der Waals surface area contributed by atoms with Crippen molar-refractivity contribution in [3.8, 4) is 0 Å². The van der Waals surface area contributed by atoms with Crippen molar-refractivity contribution in [1.29, 1.82) is 0 Å². The number of hydrogen-bond donors (Lipinski definition) is 1. The molecule has 1 N–H and O–H groups in total. The first-order chi connectivity index (χ1) is 9.62. The smallest absolute Gasteiger partial charge is 0.123 e. The van der Waals surface area contributed by atoms with Gasteiger partial charge in [0.1, 0.15) is 11.5 Å². The fraction of sp³-hybridized carbons (Fsp3) is 0.647. The van der Waals surface area contributed by atoms with Crippen molar-refractivity contribution in [2.45, 2.75) is 50.3 Å². The quantitative estimate of drug-likeness (QED) is 0.925. The Hall–Kier alpha value is -0.640. The topological polar surface area (TPSA) is 23.5 Å². The minimum absolute atomic E-state index is 0. The Morgan fingerprint density at radius 1 is 1.10 bits per heavy atom. The second-order valence-electron chi connectivity index (χ2n) is 7.05. The van der Waals surface area contributed by atoms with Crippen LogP contribution in [0.25, 0.3) is 0 Å². The van der Waals surface area contributed by atoms with Gasteiger partial charge in [0.15, 0.2) is 0 Å². The lowest BCUT2D eigenvalue weighted by Crippen LogP contribution is -2.66. The van der Waals surface area contributed by atoms with Crippen LogP contribution in [0.5, 0.6) is 0 Å². The molecule has 5 rings (SSSR count). The summed E-state index contributed by atoms with van der Waals surface area (Å²) in [6.07, 6.45) is 6.69. The van der Waals surface area contributed by atoms with Crippen LogP contribution in [0.2, 0.25) is 0 Å². The van der Waals surface area contributed by atoms with E-state index in [-0.39, 0.29) is 18.2 Å². The molecule has 2 unspecified atom stereocenters. The largest absolute Gasteiger partial charge is 0.376 e. The fourth-order valence-electron chi connectivity index (χ4n) is 4.99. The van der Waals surface area contributed by atoms with Crippen molar-refractivity contribution < 1.29 is 9.50 Å². The standard InChI is InChI=1S/C17H22FNO.ClH/c18-15-3-1-12(2-4-15)5-6-19-16-8-13-7-14(9-16)11-17(19,20)10-13;/h1-4,13-14,16,20H,5-11H2;1H. The lowest BCUT2D eigenvalue weighted by atomic mass is 9.62. The van der Waals surface area contributed by atoms with Crippen LogP contribution in [-0.2, 0) is 6.42 Å². The number of piperidine rings is 2. The van der Waals surface area contributed by atoms with Crippen LogP contribution in [0, 0.1) is 17.7 Å². The third-order valence-electron chi connectivity index (χ3n) is 5.64. The Balaban J connectivity index is 0.00000132. The second kappa shape index (κ2) is 5.53. The molecule has 4 aliphatic rings. The summed E-state index contributed by atoms with van der Waals surface area (Å²) >= 11 is 0. The van der Waals surface area contributed by atoms with Crippen LogP contribution in [0.4, 0.5) is 4.39 Å². The molecular formula is C17H23ClFNO. The van der Waals surface area contributed by atoms with Crippen LogP contribution in [0.1, 0.15) is 37.7 Å². The van der Waals surface area contributed by atoms with Crippen LogP contribution >= 0.6 is 12.4 Å². The van der Waals surface area contributed by atoms with E-state index in [2.05, 4.69) is 4.90 Å². The van der Waals surface area contributed by atoms with Gasteiger partial charge in [0.2, 0.25) is 0 Å². The molecular weight excluding hydrogens is 289 g/mol. The zero-order valence-electron chi connectivity index (χ0n) is 12.2. The van der Waals surface area contributed by atoms with Gasteiger partial charge in [-0.1, -0.05) is 12.1 Å². The van der Waals surface area contributed by atoms with E-state index in [0.29, 0.717) is 6.04 Å². The van der Waals surface area contributed by atoms with Gasteiger partial charge in [0.25, 0.3) is 0 Å². The predicted molar refractivity (Wildman–Crippen MR) is 82.9 cm³/mol. The molecule has 4 bridgehead atoms. The van der Waals surface area contributed by atoms with Crippen LogP contribution < -0.4 is 0 Å². The molecule has 2 saturated carbocycles. The van der Waals surface area contributed by atoms with Gasteiger partial charge < -0.3 is 5.11 Å². The second-order valence-corrected chi connectivity index (χ2v) is 7.05. The van der Waals surface area contributed by atoms with Gasteiger partial charge in [-0.3, -0.25) is 4.90 Å². The Morgan fingerprint density at radius 3 is 2.29 bits per heavy atom. The summed E-state index contributed by atoms with van der Waals surface area (Å²) in [4.78, 5) is 2.35. The van der Waals surface area contributed by atoms with Crippen molar-refractivity contribution in [3.63, 3.8) is 0 Å². The Bertz CT molecular complexity index is 492. The van der Waals surface area contributed by atoms with Gasteiger partial charge in [-0.25, -0.2) is 4.39 Å². The number of halogens is 2. The van der Waals surface area contributed by atoms with Crippen molar-refractivity contribution in [2.24, 2.45) is 11.8 Å². The molecule has 21 heavy (non-hydrogen) atoms. The Labute approximate surface area is 131 Å². The zero-order chi connectivity index (χ0) is 13.7. The van der Waals surface area contributed by atoms with Crippen LogP contribution in [-0.4, -0.2) is 28.3 Å². The van der Waals surface area contributed by atoms with E-state index in [1.54, 1.807) is 0 Å². The molecule has 1 aromatic carbocycles. The average molecular weight is 312 g/mol. The molecule has 2 aliphatic heterocycles. The number of hydrogen-bond acceptors (Lipinski definition) is 2. The first kappa shape index (κ1) is 15.3. The molecule has 2 aliphatic carbocycles. The first-order valence-electron chi connectivity index (χ1n) is 7.86. The van der Waals surface area contributed by atoms with E-state index >= 15 is 0 Å². The van der Waals surface area contributed by atoms with E-state index in [1.165, 1.54) is 31.4 Å². The highest BCUT2D eigenvalue weighted by atomic mass is 35.5. The lowest BCUT2D eigenvalue weighted by Gasteiger charge is -2.61. The van der Waals surface area contributed by atoms with Gasteiger partial charge in [-0.2, -0.15) is 0 Å². The number of benzene rings is 1. The molecule has 2 heterocycles. The molecule has 0 amide bonds. The monoisotopic (exact) mass is 311 g/mol. The summed E-state index contributed by atoms with van der Waals surface area (Å²) in [5, 5.41) is 11.0. The predicted octanol–water partition coefficient (Wildman–Crippen LogP) is 3.37. The van der Waals surface area contributed by atoms with Crippen molar-refractivity contribution >= 4 is 12.4 Å². The fourth-order valence-corrected chi connectivity index (χ4v) is 4.99. The molecule has 116 valence electrons. The van der Waals surface area contributed by atoms with E-state index in [0.717, 1.165) is 43.2 Å². The molecule has 0 spiro atoms. The highest BCUT2D eigenvalue weighted by Crippen LogP contribution is 2.53. The third kappa shape index (κ3) is 2.71. The van der Waals surface area contributed by atoms with E-state index < -0.39 is 5.72 Å². The lowest BCUT2D eigenvalue weighted by molar-refractivity contribution is -0.231. The van der Waals surface area contributed by atoms with Gasteiger partial charge >= 0.3 is 0 Å². The maximum absolute atomic E-state index is 12.9. The maximum atomic E-state index is 12.9. The zero-order valence-corrected chi connectivity index (χ0v) is 13.0. The summed E-state index contributed by atoms with van der Waals surface area (Å²) in [5.74, 6) is 1.32. The van der Waals surface area contributed by atoms with Crippen molar-refractivity contribution in [1.82, 2.24) is 4.90 Å². The average Bonchev–Trinajstić information content (AvgIpc) is 2.38. The summed E-state index contributed by atoms with van der Waals surface area (Å²) in [6, 6.07) is 7.34. The van der Waals surface area contributed by atoms with E-state index in [4.69, 9.17) is 0 Å². The normalized spacial score (nSPS) is 37.5. The Morgan fingerprint density at radius 2 is 1.71 bits per heavy atom. The van der Waals surface area contributed by atoms with E-state index in [9.17, 15) is 9.50 Å². The molecule has 2 saturated heterocycles. The summed E-state index contributed by atoms with van der Waals surface area (Å²) in [7, 11) is 0. The molecule has 0 aromatic heterocycles. The minimum Gasteiger partial charge on any atom is -0.376 e. The number of rotatable bonds is 3. The van der Waals surface area contributed by atoms with Gasteiger partial charge in [-0.05, 0) is 68.1 Å². The number of aliphatic hydroxyl groups is 1. The van der Waals surface area contributed by atoms with Crippen molar-refractivity contribution in [2.75, 3.05) is 6.54 Å². The number of nitrogens with zero attached hydrogens (tertiary/aromatic N) is 1. The molecule has 4 fully saturated rings. The Kier molecular flexibility index (Phi) is 4.02. The SMILES string of the molecule is Cl.OC12CC3CC(CC(C3)N1CCc1ccc(F)cc1)C2. The van der Waals surface area contributed by atoms with E-state index in [1.807, 2.05) is 12.1 Å². The summed E-state index contributed by atoms with van der Waals surface area (Å²) in [6.45, 7) is 0.895. The molecule has 2 atom stereocenters. The first-order valence-corrected chi connectivity index (χ1v) is 7.86.